The molecule has 3 aromatic rings. The second kappa shape index (κ2) is 5.89. The van der Waals surface area contributed by atoms with Gasteiger partial charge in [0.05, 0.1) is 24.3 Å². The summed E-state index contributed by atoms with van der Waals surface area (Å²) in [6, 6.07) is 5.67. The van der Waals surface area contributed by atoms with Gasteiger partial charge in [-0.25, -0.2) is 19.9 Å². The first kappa shape index (κ1) is 14.6. The average Bonchev–Trinajstić information content (AvgIpc) is 2.62. The van der Waals surface area contributed by atoms with E-state index in [2.05, 4.69) is 19.9 Å². The van der Waals surface area contributed by atoms with E-state index in [1.54, 1.807) is 12.4 Å². The van der Waals surface area contributed by atoms with Gasteiger partial charge in [0.1, 0.15) is 5.82 Å². The highest BCUT2D eigenvalue weighted by molar-refractivity contribution is 5.92. The van der Waals surface area contributed by atoms with E-state index in [1.807, 2.05) is 18.2 Å². The third kappa shape index (κ3) is 2.67. The van der Waals surface area contributed by atoms with Crippen molar-refractivity contribution in [1.29, 1.82) is 0 Å². The fraction of sp³-hybridized carbons (Fsp3) is 0.250. The Balaban J connectivity index is 1.89. The lowest BCUT2D eigenvalue weighted by Crippen LogP contribution is -2.37. The number of morpholine rings is 1. The standard InChI is InChI=1S/C16H17N7O/c17-11-1-2-12-13(7-11)21-14(10-8-19-16(18)20-9-10)22-15(12)23-3-5-24-6-4-23/h1-2,7-9H,3-6,17H2,(H2,18,19,20). The molecule has 0 bridgehead atoms. The van der Waals surface area contributed by atoms with Crippen LogP contribution in [-0.2, 0) is 4.74 Å². The van der Waals surface area contributed by atoms with E-state index in [0.717, 1.165) is 29.8 Å². The molecule has 122 valence electrons. The molecule has 0 aliphatic carbocycles. The summed E-state index contributed by atoms with van der Waals surface area (Å²) in [5, 5.41) is 0.964. The van der Waals surface area contributed by atoms with Gasteiger partial charge in [0, 0.05) is 36.6 Å². The predicted molar refractivity (Wildman–Crippen MR) is 92.4 cm³/mol. The molecule has 0 spiro atoms. The zero-order chi connectivity index (χ0) is 16.5. The molecule has 0 atom stereocenters. The summed E-state index contributed by atoms with van der Waals surface area (Å²) in [5.41, 5.74) is 13.6. The fourth-order valence-corrected chi connectivity index (χ4v) is 2.73. The van der Waals surface area contributed by atoms with Gasteiger partial charge in [-0.1, -0.05) is 0 Å². The highest BCUT2D eigenvalue weighted by Crippen LogP contribution is 2.29. The van der Waals surface area contributed by atoms with Crippen molar-refractivity contribution in [3.63, 3.8) is 0 Å². The molecule has 0 radical (unpaired) electrons. The quantitative estimate of drug-likeness (QED) is 0.673. The summed E-state index contributed by atoms with van der Waals surface area (Å²) in [4.78, 5) is 19.6. The molecule has 1 saturated heterocycles. The van der Waals surface area contributed by atoms with Crippen LogP contribution in [0.1, 0.15) is 0 Å². The van der Waals surface area contributed by atoms with Crippen molar-refractivity contribution in [2.24, 2.45) is 0 Å². The monoisotopic (exact) mass is 323 g/mol. The molecule has 8 heteroatoms. The molecule has 0 saturated carbocycles. The third-order valence-electron chi connectivity index (χ3n) is 3.94. The molecule has 1 aromatic carbocycles. The number of fused-ring (bicyclic) bond motifs is 1. The first-order valence-corrected chi connectivity index (χ1v) is 7.68. The van der Waals surface area contributed by atoms with Crippen LogP contribution in [0.3, 0.4) is 0 Å². The van der Waals surface area contributed by atoms with Crippen molar-refractivity contribution in [3.05, 3.63) is 30.6 Å². The number of aromatic nitrogens is 4. The topological polar surface area (TPSA) is 116 Å². The largest absolute Gasteiger partial charge is 0.399 e. The van der Waals surface area contributed by atoms with Gasteiger partial charge in [-0.05, 0) is 18.2 Å². The van der Waals surface area contributed by atoms with E-state index < -0.39 is 0 Å². The molecule has 8 nitrogen and oxygen atoms in total. The van der Waals surface area contributed by atoms with E-state index in [0.29, 0.717) is 30.3 Å². The van der Waals surface area contributed by atoms with Gasteiger partial charge < -0.3 is 21.1 Å². The summed E-state index contributed by atoms with van der Waals surface area (Å²) in [7, 11) is 0. The highest BCUT2D eigenvalue weighted by Gasteiger charge is 2.18. The Morgan fingerprint density at radius 2 is 1.75 bits per heavy atom. The number of ether oxygens (including phenoxy) is 1. The maximum absolute atomic E-state index is 5.93. The molecular weight excluding hydrogens is 306 g/mol. The van der Waals surface area contributed by atoms with Gasteiger partial charge in [-0.15, -0.1) is 0 Å². The predicted octanol–water partition coefficient (Wildman–Crippen LogP) is 1.09. The minimum absolute atomic E-state index is 0.220. The van der Waals surface area contributed by atoms with Crippen LogP contribution in [0.2, 0.25) is 0 Å². The number of hydrogen-bond acceptors (Lipinski definition) is 8. The van der Waals surface area contributed by atoms with Gasteiger partial charge in [-0.2, -0.15) is 0 Å². The summed E-state index contributed by atoms with van der Waals surface area (Å²) in [6.45, 7) is 2.93. The van der Waals surface area contributed by atoms with Crippen LogP contribution in [-0.4, -0.2) is 46.2 Å². The molecule has 2 aromatic heterocycles. The zero-order valence-corrected chi connectivity index (χ0v) is 13.0. The highest BCUT2D eigenvalue weighted by atomic mass is 16.5. The van der Waals surface area contributed by atoms with Gasteiger partial charge in [0.2, 0.25) is 5.95 Å². The normalized spacial score (nSPS) is 14.9. The van der Waals surface area contributed by atoms with Crippen molar-refractivity contribution in [2.45, 2.75) is 0 Å². The Morgan fingerprint density at radius 1 is 1.00 bits per heavy atom. The van der Waals surface area contributed by atoms with Crippen LogP contribution in [0.15, 0.2) is 30.6 Å². The summed E-state index contributed by atoms with van der Waals surface area (Å²) in [5.74, 6) is 1.64. The number of benzene rings is 1. The molecule has 1 aliphatic rings. The lowest BCUT2D eigenvalue weighted by Gasteiger charge is -2.29. The number of nitrogens with two attached hydrogens (primary N) is 2. The van der Waals surface area contributed by atoms with Crippen LogP contribution in [0.25, 0.3) is 22.3 Å². The second-order valence-corrected chi connectivity index (χ2v) is 5.58. The number of nitrogen functional groups attached to an aromatic ring is 2. The number of nitrogens with zero attached hydrogens (tertiary/aromatic N) is 5. The zero-order valence-electron chi connectivity index (χ0n) is 13.0. The van der Waals surface area contributed by atoms with Gasteiger partial charge in [0.15, 0.2) is 5.82 Å². The Labute approximate surface area is 138 Å². The minimum Gasteiger partial charge on any atom is -0.399 e. The van der Waals surface area contributed by atoms with E-state index in [-0.39, 0.29) is 5.95 Å². The lowest BCUT2D eigenvalue weighted by molar-refractivity contribution is 0.122. The smallest absolute Gasteiger partial charge is 0.219 e. The molecule has 0 amide bonds. The molecule has 4 rings (SSSR count). The van der Waals surface area contributed by atoms with E-state index in [1.165, 1.54) is 0 Å². The Hall–Kier alpha value is -3.00. The lowest BCUT2D eigenvalue weighted by atomic mass is 10.2. The van der Waals surface area contributed by atoms with Crippen LogP contribution in [0.5, 0.6) is 0 Å². The first-order valence-electron chi connectivity index (χ1n) is 7.68. The third-order valence-corrected chi connectivity index (χ3v) is 3.94. The van der Waals surface area contributed by atoms with E-state index in [9.17, 15) is 0 Å². The van der Waals surface area contributed by atoms with Gasteiger partial charge in [-0.3, -0.25) is 0 Å². The van der Waals surface area contributed by atoms with Crippen LogP contribution < -0.4 is 16.4 Å². The molecular formula is C16H17N7O. The number of anilines is 3. The molecule has 24 heavy (non-hydrogen) atoms. The van der Waals surface area contributed by atoms with E-state index in [4.69, 9.17) is 21.2 Å². The molecule has 1 aliphatic heterocycles. The maximum Gasteiger partial charge on any atom is 0.219 e. The maximum atomic E-state index is 5.93. The van der Waals surface area contributed by atoms with Gasteiger partial charge in [0.25, 0.3) is 0 Å². The average molecular weight is 323 g/mol. The summed E-state index contributed by atoms with van der Waals surface area (Å²) >= 11 is 0. The van der Waals surface area contributed by atoms with Crippen molar-refractivity contribution in [2.75, 3.05) is 42.7 Å². The second-order valence-electron chi connectivity index (χ2n) is 5.58. The Kier molecular flexibility index (Phi) is 3.58. The van der Waals surface area contributed by atoms with E-state index >= 15 is 0 Å². The summed E-state index contributed by atoms with van der Waals surface area (Å²) < 4.78 is 5.44. The molecule has 0 unspecified atom stereocenters. The number of hydrogen-bond donors (Lipinski definition) is 2. The molecule has 4 N–H and O–H groups in total. The SMILES string of the molecule is Nc1ccc2c(N3CCOCC3)nc(-c3cnc(N)nc3)nc2c1. The van der Waals surface area contributed by atoms with Crippen molar-refractivity contribution in [1.82, 2.24) is 19.9 Å². The Bertz CT molecular complexity index is 875. The van der Waals surface area contributed by atoms with Crippen molar-refractivity contribution < 1.29 is 4.74 Å². The molecule has 1 fully saturated rings. The Morgan fingerprint density at radius 3 is 2.50 bits per heavy atom. The summed E-state index contributed by atoms with van der Waals surface area (Å²) in [6.07, 6.45) is 3.25. The van der Waals surface area contributed by atoms with Crippen LogP contribution in [0, 0.1) is 0 Å². The first-order chi connectivity index (χ1) is 11.7. The van der Waals surface area contributed by atoms with Crippen molar-refractivity contribution >= 4 is 28.4 Å². The molecule has 3 heterocycles. The van der Waals surface area contributed by atoms with Crippen LogP contribution >= 0.6 is 0 Å². The van der Waals surface area contributed by atoms with Gasteiger partial charge >= 0.3 is 0 Å². The number of rotatable bonds is 2. The van der Waals surface area contributed by atoms with Crippen molar-refractivity contribution in [3.8, 4) is 11.4 Å². The fourth-order valence-electron chi connectivity index (χ4n) is 2.73. The minimum atomic E-state index is 0.220. The van der Waals surface area contributed by atoms with Crippen LogP contribution in [0.4, 0.5) is 17.5 Å².